The highest BCUT2D eigenvalue weighted by Crippen LogP contribution is 2.22. The number of amides is 1. The van der Waals surface area contributed by atoms with E-state index in [0.717, 1.165) is 28.1 Å². The van der Waals surface area contributed by atoms with E-state index in [0.29, 0.717) is 5.13 Å². The highest BCUT2D eigenvalue weighted by Gasteiger charge is 2.09. The normalized spacial score (nSPS) is 10.6. The Balaban J connectivity index is 1.55. The van der Waals surface area contributed by atoms with Crippen LogP contribution >= 0.6 is 11.3 Å². The van der Waals surface area contributed by atoms with E-state index in [1.54, 1.807) is 0 Å². The van der Waals surface area contributed by atoms with Gasteiger partial charge in [-0.15, -0.1) is 11.3 Å². The Morgan fingerprint density at radius 2 is 1.73 bits per heavy atom. The molecule has 0 fully saturated rings. The molecular formula is C21H23N3OS. The second-order valence-corrected chi connectivity index (χ2v) is 7.58. The molecule has 0 aliphatic rings. The van der Waals surface area contributed by atoms with Crippen LogP contribution < -0.4 is 10.6 Å². The van der Waals surface area contributed by atoms with E-state index >= 15 is 0 Å². The smallest absolute Gasteiger partial charge is 0.245 e. The monoisotopic (exact) mass is 365 g/mol. The summed E-state index contributed by atoms with van der Waals surface area (Å²) in [7, 11) is 0. The Morgan fingerprint density at radius 1 is 1.04 bits per heavy atom. The Hall–Kier alpha value is -2.66. The molecule has 134 valence electrons. The van der Waals surface area contributed by atoms with Crippen molar-refractivity contribution in [3.05, 3.63) is 75.8 Å². The van der Waals surface area contributed by atoms with Crippen molar-refractivity contribution in [1.29, 1.82) is 0 Å². The number of para-hydroxylation sites is 1. The lowest BCUT2D eigenvalue weighted by molar-refractivity contribution is -0.114. The van der Waals surface area contributed by atoms with E-state index in [-0.39, 0.29) is 12.5 Å². The molecule has 5 heteroatoms. The molecule has 26 heavy (non-hydrogen) atoms. The van der Waals surface area contributed by atoms with Gasteiger partial charge in [0.2, 0.25) is 5.91 Å². The summed E-state index contributed by atoms with van der Waals surface area (Å²) in [4.78, 5) is 17.7. The van der Waals surface area contributed by atoms with E-state index in [2.05, 4.69) is 46.8 Å². The number of thiazole rings is 1. The fourth-order valence-corrected chi connectivity index (χ4v) is 3.64. The fraction of sp³-hybridized carbons (Fsp3) is 0.238. The van der Waals surface area contributed by atoms with Gasteiger partial charge in [0.1, 0.15) is 0 Å². The zero-order valence-corrected chi connectivity index (χ0v) is 16.1. The number of carbonyl (C=O) groups is 1. The number of aromatic nitrogens is 1. The van der Waals surface area contributed by atoms with Crippen molar-refractivity contribution < 1.29 is 4.79 Å². The number of hydrogen-bond acceptors (Lipinski definition) is 4. The van der Waals surface area contributed by atoms with Crippen molar-refractivity contribution in [3.63, 3.8) is 0 Å². The molecule has 0 spiro atoms. The molecule has 1 heterocycles. The summed E-state index contributed by atoms with van der Waals surface area (Å²) in [5, 5.41) is 6.73. The predicted molar refractivity (Wildman–Crippen MR) is 109 cm³/mol. The third kappa shape index (κ3) is 4.70. The molecule has 0 atom stereocenters. The third-order valence-electron chi connectivity index (χ3n) is 4.21. The van der Waals surface area contributed by atoms with Gasteiger partial charge >= 0.3 is 0 Å². The van der Waals surface area contributed by atoms with Gasteiger partial charge in [0.05, 0.1) is 6.54 Å². The topological polar surface area (TPSA) is 54.0 Å². The second kappa shape index (κ2) is 8.15. The summed E-state index contributed by atoms with van der Waals surface area (Å²) >= 11 is 1.52. The van der Waals surface area contributed by atoms with Crippen molar-refractivity contribution >= 4 is 28.1 Å². The van der Waals surface area contributed by atoms with Crippen molar-refractivity contribution in [1.82, 2.24) is 4.98 Å². The molecular weight excluding hydrogens is 342 g/mol. The van der Waals surface area contributed by atoms with Crippen molar-refractivity contribution in [2.45, 2.75) is 27.2 Å². The molecule has 3 rings (SSSR count). The zero-order chi connectivity index (χ0) is 18.5. The molecule has 3 aromatic rings. The predicted octanol–water partition coefficient (Wildman–Crippen LogP) is 4.71. The van der Waals surface area contributed by atoms with Crippen molar-refractivity contribution in [2.24, 2.45) is 0 Å². The fourth-order valence-electron chi connectivity index (χ4n) is 2.78. The molecule has 2 N–H and O–H groups in total. The van der Waals surface area contributed by atoms with E-state index in [1.807, 2.05) is 38.2 Å². The van der Waals surface area contributed by atoms with Crippen LogP contribution in [0.15, 0.2) is 48.7 Å². The minimum atomic E-state index is -0.0936. The lowest BCUT2D eigenvalue weighted by Crippen LogP contribution is -2.22. The van der Waals surface area contributed by atoms with Crippen LogP contribution in [0.25, 0.3) is 0 Å². The van der Waals surface area contributed by atoms with Crippen LogP contribution in [-0.2, 0) is 11.2 Å². The Bertz CT molecular complexity index is 880. The highest BCUT2D eigenvalue weighted by atomic mass is 32.1. The number of benzene rings is 2. The van der Waals surface area contributed by atoms with Gasteiger partial charge < -0.3 is 10.6 Å². The number of hydrogen-bond donors (Lipinski definition) is 2. The Kier molecular flexibility index (Phi) is 5.68. The SMILES string of the molecule is Cc1ccc(Cc2cnc(NC(=O)CNc3c(C)cccc3C)s2)cc1. The van der Waals surface area contributed by atoms with Gasteiger partial charge in [-0.05, 0) is 37.5 Å². The maximum atomic E-state index is 12.2. The third-order valence-corrected chi connectivity index (χ3v) is 5.12. The minimum Gasteiger partial charge on any atom is -0.376 e. The van der Waals surface area contributed by atoms with Gasteiger partial charge in [-0.2, -0.15) is 0 Å². The van der Waals surface area contributed by atoms with Crippen LogP contribution in [0, 0.1) is 20.8 Å². The summed E-state index contributed by atoms with van der Waals surface area (Å²) < 4.78 is 0. The van der Waals surface area contributed by atoms with Crippen LogP contribution in [0.3, 0.4) is 0 Å². The Labute approximate surface area is 158 Å². The number of nitrogens with one attached hydrogen (secondary N) is 2. The first-order valence-corrected chi connectivity index (χ1v) is 9.43. The van der Waals surface area contributed by atoms with Crippen LogP contribution in [0.1, 0.15) is 27.1 Å². The van der Waals surface area contributed by atoms with Crippen molar-refractivity contribution in [3.8, 4) is 0 Å². The summed E-state index contributed by atoms with van der Waals surface area (Å²) in [5.41, 5.74) is 5.78. The number of carbonyl (C=O) groups excluding carboxylic acids is 1. The number of rotatable bonds is 6. The van der Waals surface area contributed by atoms with Crippen LogP contribution in [0.5, 0.6) is 0 Å². The van der Waals surface area contributed by atoms with E-state index < -0.39 is 0 Å². The first-order valence-electron chi connectivity index (χ1n) is 8.61. The number of aryl methyl sites for hydroxylation is 3. The average molecular weight is 366 g/mol. The molecule has 0 aliphatic carbocycles. The zero-order valence-electron chi connectivity index (χ0n) is 15.3. The minimum absolute atomic E-state index is 0.0936. The van der Waals surface area contributed by atoms with Crippen LogP contribution in [-0.4, -0.2) is 17.4 Å². The largest absolute Gasteiger partial charge is 0.376 e. The lowest BCUT2D eigenvalue weighted by atomic mass is 10.1. The van der Waals surface area contributed by atoms with Crippen molar-refractivity contribution in [2.75, 3.05) is 17.2 Å². The van der Waals surface area contributed by atoms with E-state index in [9.17, 15) is 4.79 Å². The van der Waals surface area contributed by atoms with Crippen LogP contribution in [0.2, 0.25) is 0 Å². The standard InChI is InChI=1S/C21H23N3OS/c1-14-7-9-17(10-8-14)11-18-12-23-21(26-18)24-19(25)13-22-20-15(2)5-4-6-16(20)3/h4-10,12,22H,11,13H2,1-3H3,(H,23,24,25). The number of anilines is 2. The first kappa shape index (κ1) is 18.1. The van der Waals surface area contributed by atoms with Gasteiger partial charge in [-0.25, -0.2) is 4.98 Å². The molecule has 0 unspecified atom stereocenters. The molecule has 0 bridgehead atoms. The second-order valence-electron chi connectivity index (χ2n) is 6.46. The molecule has 0 saturated carbocycles. The van der Waals surface area contributed by atoms with Gasteiger partial charge in [-0.1, -0.05) is 48.0 Å². The van der Waals surface area contributed by atoms with Gasteiger partial charge in [0.25, 0.3) is 0 Å². The maximum absolute atomic E-state index is 12.2. The summed E-state index contributed by atoms with van der Waals surface area (Å²) in [6.07, 6.45) is 2.66. The summed E-state index contributed by atoms with van der Waals surface area (Å²) in [5.74, 6) is -0.0936. The molecule has 0 radical (unpaired) electrons. The average Bonchev–Trinajstić information content (AvgIpc) is 3.03. The summed E-state index contributed by atoms with van der Waals surface area (Å²) in [6, 6.07) is 14.6. The molecule has 0 aliphatic heterocycles. The number of nitrogens with zero attached hydrogens (tertiary/aromatic N) is 1. The lowest BCUT2D eigenvalue weighted by Gasteiger charge is -2.11. The molecule has 0 saturated heterocycles. The molecule has 1 amide bonds. The first-order chi connectivity index (χ1) is 12.5. The van der Waals surface area contributed by atoms with Gasteiger partial charge in [-0.3, -0.25) is 4.79 Å². The molecule has 2 aromatic carbocycles. The highest BCUT2D eigenvalue weighted by molar-refractivity contribution is 7.15. The van der Waals surface area contributed by atoms with Gasteiger partial charge in [0, 0.05) is 23.2 Å². The molecule has 1 aromatic heterocycles. The summed E-state index contributed by atoms with van der Waals surface area (Å²) in [6.45, 7) is 6.37. The Morgan fingerprint density at radius 3 is 2.42 bits per heavy atom. The van der Waals surface area contributed by atoms with Gasteiger partial charge in [0.15, 0.2) is 5.13 Å². The molecule has 4 nitrogen and oxygen atoms in total. The van der Waals surface area contributed by atoms with E-state index in [4.69, 9.17) is 0 Å². The van der Waals surface area contributed by atoms with E-state index in [1.165, 1.54) is 22.5 Å². The van der Waals surface area contributed by atoms with Crippen LogP contribution in [0.4, 0.5) is 10.8 Å². The maximum Gasteiger partial charge on any atom is 0.245 e. The quantitative estimate of drug-likeness (QED) is 0.665.